The van der Waals surface area contributed by atoms with E-state index in [1.165, 1.54) is 0 Å². The summed E-state index contributed by atoms with van der Waals surface area (Å²) in [5, 5.41) is 9.64. The second kappa shape index (κ2) is 15.1. The molecule has 0 aliphatic heterocycles. The molecule has 0 aromatic heterocycles. The van der Waals surface area contributed by atoms with Gasteiger partial charge < -0.3 is 5.11 Å². The fourth-order valence-electron chi connectivity index (χ4n) is 1.96. The summed E-state index contributed by atoms with van der Waals surface area (Å²) >= 11 is 0. The molecule has 1 aliphatic rings. The maximum atomic E-state index is 9.64. The van der Waals surface area contributed by atoms with Gasteiger partial charge in [-0.15, -0.1) is 23.8 Å². The van der Waals surface area contributed by atoms with Crippen LogP contribution in [-0.4, -0.2) is 5.11 Å². The summed E-state index contributed by atoms with van der Waals surface area (Å²) in [4.78, 5) is 0. The Morgan fingerprint density at radius 3 is 1.65 bits per heavy atom. The van der Waals surface area contributed by atoms with Crippen molar-refractivity contribution in [1.82, 2.24) is 0 Å². The summed E-state index contributed by atoms with van der Waals surface area (Å²) in [7, 11) is 0. The third-order valence-electron chi connectivity index (χ3n) is 3.19. The molecule has 0 atom stereocenters. The van der Waals surface area contributed by atoms with Gasteiger partial charge in [0.15, 0.2) is 0 Å². The summed E-state index contributed by atoms with van der Waals surface area (Å²) in [6.45, 7) is 0. The Labute approximate surface area is 177 Å². The standard InChI is InChI=1S/C13H11O.2C5H5.2Fe/c14-13(12-7-3-4-8-12)10-9-11-5-1-2-6-11;2*1-2-4-5-3-1;;/h1-10,14H;2*1-5H;;/q3*-1;;+2. The van der Waals surface area contributed by atoms with Gasteiger partial charge in [0.1, 0.15) is 0 Å². The van der Waals surface area contributed by atoms with Crippen molar-refractivity contribution >= 4 is 6.08 Å². The van der Waals surface area contributed by atoms with Crippen molar-refractivity contribution < 1.29 is 39.2 Å². The van der Waals surface area contributed by atoms with Crippen LogP contribution in [0.5, 0.6) is 0 Å². The van der Waals surface area contributed by atoms with E-state index in [9.17, 15) is 5.11 Å². The van der Waals surface area contributed by atoms with Crippen molar-refractivity contribution in [2.24, 2.45) is 0 Å². The van der Waals surface area contributed by atoms with Crippen molar-refractivity contribution in [2.45, 2.75) is 0 Å². The number of hydrogen-bond acceptors (Lipinski definition) is 1. The van der Waals surface area contributed by atoms with E-state index in [1.54, 1.807) is 6.08 Å². The zero-order valence-corrected chi connectivity index (χ0v) is 16.4. The number of hydrogen-bond donors (Lipinski definition) is 1. The molecule has 4 rings (SSSR count). The van der Waals surface area contributed by atoms with E-state index >= 15 is 0 Å². The number of aliphatic hydroxyl groups excluding tert-OH is 1. The van der Waals surface area contributed by atoms with Crippen LogP contribution >= 0.6 is 0 Å². The van der Waals surface area contributed by atoms with E-state index in [0.29, 0.717) is 5.76 Å². The molecular formula is C23H21Fe2O-. The fourth-order valence-corrected chi connectivity index (χ4v) is 1.96. The normalized spacial score (nSPS) is 10.8. The minimum atomic E-state index is 0. The van der Waals surface area contributed by atoms with Gasteiger partial charge >= 0.3 is 17.1 Å². The Kier molecular flexibility index (Phi) is 13.9. The first-order valence-electron chi connectivity index (χ1n) is 7.87. The fraction of sp³-hybridized carbons (Fsp3) is 0. The van der Waals surface area contributed by atoms with E-state index in [1.807, 2.05) is 115 Å². The maximum Gasteiger partial charge on any atom is 2.00 e. The van der Waals surface area contributed by atoms with Crippen LogP contribution in [0.3, 0.4) is 0 Å². The molecule has 136 valence electrons. The Bertz CT molecular complexity index is 682. The third kappa shape index (κ3) is 9.98. The van der Waals surface area contributed by atoms with Gasteiger partial charge in [0, 0.05) is 22.6 Å². The molecule has 3 aromatic rings. The molecule has 0 saturated heterocycles. The van der Waals surface area contributed by atoms with Crippen LogP contribution in [0.1, 0.15) is 5.56 Å². The molecule has 0 unspecified atom stereocenters. The van der Waals surface area contributed by atoms with Crippen LogP contribution in [0.25, 0.3) is 6.08 Å². The average Bonchev–Trinajstić information content (AvgIpc) is 3.42. The van der Waals surface area contributed by atoms with E-state index in [4.69, 9.17) is 0 Å². The summed E-state index contributed by atoms with van der Waals surface area (Å²) < 4.78 is 0. The molecule has 0 saturated carbocycles. The predicted molar refractivity (Wildman–Crippen MR) is 103 cm³/mol. The Morgan fingerprint density at radius 2 is 1.27 bits per heavy atom. The van der Waals surface area contributed by atoms with E-state index in [0.717, 1.165) is 11.1 Å². The van der Waals surface area contributed by atoms with Gasteiger partial charge in [-0.2, -0.15) is 48.5 Å². The third-order valence-corrected chi connectivity index (χ3v) is 3.19. The van der Waals surface area contributed by atoms with Crippen molar-refractivity contribution in [2.75, 3.05) is 0 Å². The molecule has 3 aromatic carbocycles. The van der Waals surface area contributed by atoms with Crippen molar-refractivity contribution in [1.29, 1.82) is 0 Å². The average molecular weight is 425 g/mol. The summed E-state index contributed by atoms with van der Waals surface area (Å²) in [6, 6.07) is 27.9. The smallest absolute Gasteiger partial charge is 0.517 e. The molecule has 3 heteroatoms. The first-order valence-corrected chi connectivity index (χ1v) is 7.87. The Morgan fingerprint density at radius 1 is 0.808 bits per heavy atom. The minimum Gasteiger partial charge on any atom is -0.517 e. The SMILES string of the molecule is OC(C=C[c-]1cccc1)=C1C=CC=C1.[Fe+2].[Fe].c1cc[cH-]c1.c1cc[cH-]c1. The van der Waals surface area contributed by atoms with E-state index < -0.39 is 0 Å². The monoisotopic (exact) mass is 425 g/mol. The number of allylic oxidation sites excluding steroid dienone is 6. The quantitative estimate of drug-likeness (QED) is 0.296. The molecule has 0 radical (unpaired) electrons. The molecule has 0 heterocycles. The van der Waals surface area contributed by atoms with Gasteiger partial charge in [-0.25, -0.2) is 24.3 Å². The maximum absolute atomic E-state index is 9.64. The first-order chi connectivity index (χ1) is 11.9. The Balaban J connectivity index is 0.000000432. The van der Waals surface area contributed by atoms with Crippen LogP contribution in [-0.2, 0) is 34.1 Å². The van der Waals surface area contributed by atoms with Gasteiger partial charge in [0.25, 0.3) is 0 Å². The van der Waals surface area contributed by atoms with Crippen LogP contribution in [0.4, 0.5) is 0 Å². The molecule has 0 fully saturated rings. The van der Waals surface area contributed by atoms with E-state index in [-0.39, 0.29) is 34.1 Å². The molecule has 1 nitrogen and oxygen atoms in total. The van der Waals surface area contributed by atoms with Crippen molar-refractivity contribution in [3.63, 3.8) is 0 Å². The predicted octanol–water partition coefficient (Wildman–Crippen LogP) is 6.16. The van der Waals surface area contributed by atoms with Crippen molar-refractivity contribution in [3.05, 3.63) is 132 Å². The van der Waals surface area contributed by atoms with Crippen LogP contribution in [0.15, 0.2) is 127 Å². The second-order valence-corrected chi connectivity index (χ2v) is 5.03. The van der Waals surface area contributed by atoms with Gasteiger partial charge in [0.2, 0.25) is 0 Å². The Hall–Kier alpha value is -2.15. The molecule has 0 bridgehead atoms. The first kappa shape index (κ1) is 23.8. The summed E-state index contributed by atoms with van der Waals surface area (Å²) in [6.07, 6.45) is 11.2. The summed E-state index contributed by atoms with van der Waals surface area (Å²) in [5.41, 5.74) is 1.95. The van der Waals surface area contributed by atoms with Gasteiger partial charge in [-0.05, 0) is 0 Å². The molecular weight excluding hydrogens is 404 g/mol. The zero-order valence-electron chi connectivity index (χ0n) is 14.2. The summed E-state index contributed by atoms with van der Waals surface area (Å²) in [5.74, 6) is 0.302. The number of rotatable bonds is 2. The van der Waals surface area contributed by atoms with E-state index in [2.05, 4.69) is 0 Å². The van der Waals surface area contributed by atoms with Crippen molar-refractivity contribution in [3.8, 4) is 0 Å². The molecule has 0 amide bonds. The molecule has 26 heavy (non-hydrogen) atoms. The van der Waals surface area contributed by atoms with Gasteiger partial charge in [-0.3, -0.25) is 0 Å². The van der Waals surface area contributed by atoms with Crippen LogP contribution in [0.2, 0.25) is 0 Å². The zero-order chi connectivity index (χ0) is 16.9. The minimum absolute atomic E-state index is 0. The molecule has 1 N–H and O–H groups in total. The van der Waals surface area contributed by atoms with Gasteiger partial charge in [-0.1, -0.05) is 30.4 Å². The van der Waals surface area contributed by atoms with Crippen LogP contribution < -0.4 is 0 Å². The van der Waals surface area contributed by atoms with Gasteiger partial charge in [0.05, 0.1) is 5.76 Å². The molecule has 1 aliphatic carbocycles. The largest absolute Gasteiger partial charge is 2.00 e. The topological polar surface area (TPSA) is 20.2 Å². The second-order valence-electron chi connectivity index (χ2n) is 5.03. The van der Waals surface area contributed by atoms with Crippen LogP contribution in [0, 0.1) is 0 Å². The molecule has 0 spiro atoms. The number of aliphatic hydroxyl groups is 1.